The Hall–Kier alpha value is -2.19. The number of amides is 1. The standard InChI is InChI=1S/C16H17N3O3S2/c1-18-10-11-23-16(18)17-15(20)8-5-13-3-6-14(7-4-13)19-9-2-12-24(19,21)22/h3-8,10-11H,2,9,12H2,1H3/b8-5+,17-16?. The minimum Gasteiger partial charge on any atom is -0.327 e. The molecule has 0 N–H and O–H groups in total. The van der Waals surface area contributed by atoms with Crippen molar-refractivity contribution in [3.05, 3.63) is 52.3 Å². The van der Waals surface area contributed by atoms with E-state index < -0.39 is 10.0 Å². The van der Waals surface area contributed by atoms with Gasteiger partial charge in [0.25, 0.3) is 5.91 Å². The summed E-state index contributed by atoms with van der Waals surface area (Å²) in [5.74, 6) is -0.135. The molecule has 24 heavy (non-hydrogen) atoms. The van der Waals surface area contributed by atoms with Gasteiger partial charge < -0.3 is 4.57 Å². The maximum absolute atomic E-state index is 11.9. The molecule has 6 nitrogen and oxygen atoms in total. The van der Waals surface area contributed by atoms with Gasteiger partial charge in [-0.15, -0.1) is 11.3 Å². The summed E-state index contributed by atoms with van der Waals surface area (Å²) in [6.45, 7) is 0.521. The van der Waals surface area contributed by atoms with Crippen molar-refractivity contribution in [3.63, 3.8) is 0 Å². The lowest BCUT2D eigenvalue weighted by atomic mass is 10.2. The van der Waals surface area contributed by atoms with Gasteiger partial charge in [0.15, 0.2) is 4.80 Å². The third kappa shape index (κ3) is 3.65. The molecule has 1 aromatic heterocycles. The van der Waals surface area contributed by atoms with E-state index in [1.807, 2.05) is 18.6 Å². The van der Waals surface area contributed by atoms with E-state index in [0.717, 1.165) is 5.56 Å². The van der Waals surface area contributed by atoms with Crippen molar-refractivity contribution in [2.45, 2.75) is 6.42 Å². The molecule has 8 heteroatoms. The molecule has 1 fully saturated rings. The van der Waals surface area contributed by atoms with Crippen molar-refractivity contribution < 1.29 is 13.2 Å². The van der Waals surface area contributed by atoms with Gasteiger partial charge in [-0.05, 0) is 30.2 Å². The molecule has 0 aliphatic carbocycles. The number of sulfonamides is 1. The lowest BCUT2D eigenvalue weighted by Gasteiger charge is -2.16. The Balaban J connectivity index is 1.73. The zero-order valence-electron chi connectivity index (χ0n) is 13.1. The SMILES string of the molecule is Cn1ccsc1=NC(=O)/C=C/c1ccc(N2CCCS2(=O)=O)cc1. The molecule has 1 aromatic carbocycles. The van der Waals surface area contributed by atoms with Gasteiger partial charge in [-0.3, -0.25) is 9.10 Å². The highest BCUT2D eigenvalue weighted by Gasteiger charge is 2.28. The average Bonchev–Trinajstić information content (AvgIpc) is 3.11. The lowest BCUT2D eigenvalue weighted by molar-refractivity contribution is -0.113. The number of benzene rings is 1. The fourth-order valence-corrected chi connectivity index (χ4v) is 4.71. The number of carbonyl (C=O) groups excluding carboxylic acids is 1. The first-order chi connectivity index (χ1) is 11.5. The van der Waals surface area contributed by atoms with E-state index >= 15 is 0 Å². The van der Waals surface area contributed by atoms with Crippen LogP contribution in [-0.2, 0) is 21.9 Å². The van der Waals surface area contributed by atoms with E-state index in [9.17, 15) is 13.2 Å². The van der Waals surface area contributed by atoms with Gasteiger partial charge in [0, 0.05) is 31.2 Å². The fourth-order valence-electron chi connectivity index (χ4n) is 2.41. The first-order valence-electron chi connectivity index (χ1n) is 7.43. The Morgan fingerprint density at radius 2 is 2.04 bits per heavy atom. The topological polar surface area (TPSA) is 71.7 Å². The molecular formula is C16H17N3O3S2. The first-order valence-corrected chi connectivity index (χ1v) is 9.92. The monoisotopic (exact) mass is 363 g/mol. The van der Waals surface area contributed by atoms with Crippen molar-refractivity contribution in [1.82, 2.24) is 4.57 Å². The van der Waals surface area contributed by atoms with Crippen LogP contribution in [0.3, 0.4) is 0 Å². The van der Waals surface area contributed by atoms with E-state index in [1.54, 1.807) is 34.9 Å². The number of rotatable bonds is 3. The molecule has 0 atom stereocenters. The second kappa shape index (κ2) is 6.74. The summed E-state index contributed by atoms with van der Waals surface area (Å²) >= 11 is 1.39. The van der Waals surface area contributed by atoms with Crippen LogP contribution in [0.25, 0.3) is 6.08 Å². The van der Waals surface area contributed by atoms with Gasteiger partial charge in [0.2, 0.25) is 10.0 Å². The summed E-state index contributed by atoms with van der Waals surface area (Å²) in [5, 5.41) is 1.86. The van der Waals surface area contributed by atoms with Crippen molar-refractivity contribution >= 4 is 39.0 Å². The van der Waals surface area contributed by atoms with Crippen molar-refractivity contribution in [2.24, 2.45) is 12.0 Å². The van der Waals surface area contributed by atoms with Crippen LogP contribution in [-0.4, -0.2) is 31.2 Å². The summed E-state index contributed by atoms with van der Waals surface area (Å²) in [6.07, 6.45) is 5.56. The molecule has 0 bridgehead atoms. The van der Waals surface area contributed by atoms with Crippen molar-refractivity contribution in [2.75, 3.05) is 16.6 Å². The molecule has 0 unspecified atom stereocenters. The molecule has 2 aromatic rings. The van der Waals surface area contributed by atoms with Crippen LogP contribution >= 0.6 is 11.3 Å². The number of aromatic nitrogens is 1. The summed E-state index contributed by atoms with van der Waals surface area (Å²) in [4.78, 5) is 16.5. The Morgan fingerprint density at radius 1 is 1.29 bits per heavy atom. The molecule has 3 rings (SSSR count). The highest BCUT2D eigenvalue weighted by molar-refractivity contribution is 7.93. The number of aryl methyl sites for hydroxylation is 1. The van der Waals surface area contributed by atoms with E-state index in [2.05, 4.69) is 4.99 Å². The highest BCUT2D eigenvalue weighted by atomic mass is 32.2. The quantitative estimate of drug-likeness (QED) is 0.780. The Morgan fingerprint density at radius 3 is 2.62 bits per heavy atom. The van der Waals surface area contributed by atoms with Crippen LogP contribution in [0.4, 0.5) is 5.69 Å². The number of hydrogen-bond donors (Lipinski definition) is 0. The van der Waals surface area contributed by atoms with Crippen molar-refractivity contribution in [1.29, 1.82) is 0 Å². The van der Waals surface area contributed by atoms with Gasteiger partial charge in [-0.2, -0.15) is 4.99 Å². The number of anilines is 1. The molecule has 1 aliphatic heterocycles. The predicted molar refractivity (Wildman–Crippen MR) is 95.1 cm³/mol. The van der Waals surface area contributed by atoms with Crippen LogP contribution in [0.2, 0.25) is 0 Å². The summed E-state index contributed by atoms with van der Waals surface area (Å²) in [5.41, 5.74) is 1.47. The highest BCUT2D eigenvalue weighted by Crippen LogP contribution is 2.24. The summed E-state index contributed by atoms with van der Waals surface area (Å²) in [7, 11) is -1.34. The Kier molecular flexibility index (Phi) is 4.68. The molecule has 0 radical (unpaired) electrons. The van der Waals surface area contributed by atoms with Crippen LogP contribution < -0.4 is 9.11 Å². The van der Waals surface area contributed by atoms with E-state index in [0.29, 0.717) is 23.5 Å². The van der Waals surface area contributed by atoms with Gasteiger partial charge in [0.05, 0.1) is 11.4 Å². The minimum atomic E-state index is -3.17. The van der Waals surface area contributed by atoms with Gasteiger partial charge >= 0.3 is 0 Å². The predicted octanol–water partition coefficient (Wildman–Crippen LogP) is 1.77. The molecular weight excluding hydrogens is 346 g/mol. The fraction of sp³-hybridized carbons (Fsp3) is 0.250. The molecule has 1 saturated heterocycles. The van der Waals surface area contributed by atoms with Gasteiger partial charge in [-0.1, -0.05) is 12.1 Å². The molecule has 1 amide bonds. The third-order valence-electron chi connectivity index (χ3n) is 3.66. The molecule has 2 heterocycles. The number of carbonyl (C=O) groups is 1. The van der Waals surface area contributed by atoms with E-state index in [4.69, 9.17) is 0 Å². The minimum absolute atomic E-state index is 0.199. The van der Waals surface area contributed by atoms with E-state index in [-0.39, 0.29) is 11.7 Å². The third-order valence-corrected chi connectivity index (χ3v) is 6.38. The zero-order valence-corrected chi connectivity index (χ0v) is 14.8. The maximum atomic E-state index is 11.9. The average molecular weight is 363 g/mol. The summed E-state index contributed by atoms with van der Waals surface area (Å²) in [6, 6.07) is 7.09. The smallest absolute Gasteiger partial charge is 0.272 e. The molecule has 126 valence electrons. The van der Waals surface area contributed by atoms with Gasteiger partial charge in [-0.25, -0.2) is 8.42 Å². The maximum Gasteiger partial charge on any atom is 0.272 e. The van der Waals surface area contributed by atoms with E-state index in [1.165, 1.54) is 21.7 Å². The normalized spacial score (nSPS) is 17.7. The second-order valence-corrected chi connectivity index (χ2v) is 8.30. The summed E-state index contributed by atoms with van der Waals surface area (Å²) < 4.78 is 27.0. The second-order valence-electron chi connectivity index (χ2n) is 5.41. The number of thiazole rings is 1. The largest absolute Gasteiger partial charge is 0.327 e. The van der Waals surface area contributed by atoms with Crippen molar-refractivity contribution in [3.8, 4) is 0 Å². The Bertz CT molecular complexity index is 937. The van der Waals surface area contributed by atoms with Crippen LogP contribution in [0.1, 0.15) is 12.0 Å². The molecule has 1 aliphatic rings. The van der Waals surface area contributed by atoms with Crippen LogP contribution in [0, 0.1) is 0 Å². The number of hydrogen-bond acceptors (Lipinski definition) is 4. The zero-order chi connectivity index (χ0) is 17.2. The Labute approximate surface area is 144 Å². The first kappa shape index (κ1) is 16.7. The molecule has 0 saturated carbocycles. The van der Waals surface area contributed by atoms with Crippen LogP contribution in [0.15, 0.2) is 46.9 Å². The molecule has 0 spiro atoms. The lowest BCUT2D eigenvalue weighted by Crippen LogP contribution is -2.24. The van der Waals surface area contributed by atoms with Crippen LogP contribution in [0.5, 0.6) is 0 Å². The van der Waals surface area contributed by atoms with Gasteiger partial charge in [0.1, 0.15) is 0 Å². The number of nitrogens with zero attached hydrogens (tertiary/aromatic N) is 3.